The Bertz CT molecular complexity index is 309. The van der Waals surface area contributed by atoms with E-state index in [0.717, 1.165) is 0 Å². The summed E-state index contributed by atoms with van der Waals surface area (Å²) in [6, 6.07) is 10.1. The topological polar surface area (TPSA) is 0 Å². The summed E-state index contributed by atoms with van der Waals surface area (Å²) < 4.78 is 16.5. The molecule has 0 saturated carbocycles. The maximum absolute atomic E-state index is 13.5. The molecule has 0 aliphatic heterocycles. The first-order valence-corrected chi connectivity index (χ1v) is 6.87. The predicted molar refractivity (Wildman–Crippen MR) is 53.8 cm³/mol. The molecular formula is C12H15FI+. The summed E-state index contributed by atoms with van der Waals surface area (Å²) in [5, 5.41) is 0. The third-order valence-electron chi connectivity index (χ3n) is 1.73. The van der Waals surface area contributed by atoms with Gasteiger partial charge in [-0.25, -0.2) is 4.39 Å². The van der Waals surface area contributed by atoms with Crippen LogP contribution in [0.5, 0.6) is 0 Å². The Balaban J connectivity index is 2.65. The van der Waals surface area contributed by atoms with Gasteiger partial charge < -0.3 is 0 Å². The second-order valence-corrected chi connectivity index (χ2v) is 6.60. The molecule has 0 saturated heterocycles. The molecule has 0 aliphatic carbocycles. The van der Waals surface area contributed by atoms with E-state index in [4.69, 9.17) is 0 Å². The Morgan fingerprint density at radius 3 is 2.29 bits per heavy atom. The number of hydrogen-bond acceptors (Lipinski definition) is 0. The average Bonchev–Trinajstić information content (AvgIpc) is 2.14. The van der Waals surface area contributed by atoms with Crippen molar-refractivity contribution in [3.63, 3.8) is 0 Å². The van der Waals surface area contributed by atoms with Crippen molar-refractivity contribution in [3.8, 4) is 0 Å². The summed E-state index contributed by atoms with van der Waals surface area (Å²) in [6.45, 7) is 5.69. The fourth-order valence-corrected chi connectivity index (χ4v) is 3.16. The van der Waals surface area contributed by atoms with E-state index in [9.17, 15) is 4.39 Å². The lowest BCUT2D eigenvalue weighted by atomic mass is 9.96. The fraction of sp³-hybridized carbons (Fsp3) is 0.333. The first kappa shape index (κ1) is 11.7. The molecule has 76 valence electrons. The maximum Gasteiger partial charge on any atom is 0.352 e. The van der Waals surface area contributed by atoms with Crippen molar-refractivity contribution in [2.75, 3.05) is 0 Å². The van der Waals surface area contributed by atoms with Crippen LogP contribution in [0.3, 0.4) is 0 Å². The number of halogens is 2. The Morgan fingerprint density at radius 2 is 1.79 bits per heavy atom. The molecule has 0 unspecified atom stereocenters. The molecule has 1 rings (SSSR count). The maximum atomic E-state index is 13.5. The van der Waals surface area contributed by atoms with Crippen LogP contribution in [0.25, 0.3) is 0 Å². The highest BCUT2D eigenvalue weighted by atomic mass is 127. The molecule has 1 aromatic rings. The molecule has 0 aromatic heterocycles. The van der Waals surface area contributed by atoms with E-state index >= 15 is 0 Å². The standard InChI is InChI=1S/C12H15FI/c1-12(2,3)11(13)9-14-10-7-5-4-6-8-10/h4-9H,1-3H3/q+1/b11-9-. The van der Waals surface area contributed by atoms with Crippen molar-refractivity contribution in [2.24, 2.45) is 5.41 Å². The van der Waals surface area contributed by atoms with Gasteiger partial charge in [-0.15, -0.1) is 0 Å². The highest BCUT2D eigenvalue weighted by Gasteiger charge is 2.21. The third-order valence-corrected chi connectivity index (χ3v) is 4.02. The van der Waals surface area contributed by atoms with E-state index in [-0.39, 0.29) is 32.4 Å². The molecule has 0 amide bonds. The molecule has 0 radical (unpaired) electrons. The molecule has 0 fully saturated rings. The lowest BCUT2D eigenvalue weighted by Gasteiger charge is -2.12. The van der Waals surface area contributed by atoms with Crippen LogP contribution in [0.15, 0.2) is 40.2 Å². The van der Waals surface area contributed by atoms with Gasteiger partial charge in [0.05, 0.1) is 0 Å². The fourth-order valence-electron chi connectivity index (χ4n) is 0.762. The van der Waals surface area contributed by atoms with Crippen molar-refractivity contribution >= 4 is 0 Å². The Kier molecular flexibility index (Phi) is 4.11. The SMILES string of the molecule is CC(C)(C)/C(F)=C/[I+]c1ccccc1. The summed E-state index contributed by atoms with van der Waals surface area (Å²) in [5.74, 6) is 0.00848. The van der Waals surface area contributed by atoms with Crippen LogP contribution in [0.2, 0.25) is 0 Å². The van der Waals surface area contributed by atoms with E-state index in [2.05, 4.69) is 12.1 Å². The van der Waals surface area contributed by atoms with E-state index in [1.54, 1.807) is 4.08 Å². The van der Waals surface area contributed by atoms with E-state index in [1.165, 1.54) is 3.57 Å². The molecule has 0 nitrogen and oxygen atoms in total. The van der Waals surface area contributed by atoms with Crippen LogP contribution in [-0.2, 0) is 0 Å². The summed E-state index contributed by atoms with van der Waals surface area (Å²) in [6.07, 6.45) is 0. The van der Waals surface area contributed by atoms with Gasteiger partial charge in [-0.05, 0) is 12.1 Å². The summed E-state index contributed by atoms with van der Waals surface area (Å²) >= 11 is -0.316. The van der Waals surface area contributed by atoms with Gasteiger partial charge in [-0.1, -0.05) is 39.0 Å². The summed E-state index contributed by atoms with van der Waals surface area (Å²) in [7, 11) is 0. The van der Waals surface area contributed by atoms with Crippen LogP contribution >= 0.6 is 0 Å². The largest absolute Gasteiger partial charge is 0.352 e. The zero-order valence-electron chi connectivity index (χ0n) is 8.72. The van der Waals surface area contributed by atoms with Crippen LogP contribution in [0.1, 0.15) is 20.8 Å². The molecule has 0 aliphatic rings. The van der Waals surface area contributed by atoms with Gasteiger partial charge in [0.2, 0.25) is 0 Å². The van der Waals surface area contributed by atoms with Crippen molar-refractivity contribution in [1.82, 2.24) is 0 Å². The van der Waals surface area contributed by atoms with Gasteiger partial charge in [0.15, 0.2) is 13.5 Å². The molecular weight excluding hydrogens is 290 g/mol. The van der Waals surface area contributed by atoms with Gasteiger partial charge in [0.1, 0.15) is 0 Å². The zero-order chi connectivity index (χ0) is 10.6. The zero-order valence-corrected chi connectivity index (χ0v) is 10.9. The minimum atomic E-state index is -0.339. The Labute approximate surface area is 95.5 Å². The van der Waals surface area contributed by atoms with Crippen LogP contribution in [-0.4, -0.2) is 0 Å². The highest BCUT2D eigenvalue weighted by molar-refractivity contribution is 5.01. The van der Waals surface area contributed by atoms with E-state index in [1.807, 2.05) is 39.0 Å². The van der Waals surface area contributed by atoms with Gasteiger partial charge in [0, 0.05) is 5.41 Å². The average molecular weight is 305 g/mol. The van der Waals surface area contributed by atoms with Gasteiger partial charge >= 0.3 is 21.2 Å². The first-order valence-electron chi connectivity index (χ1n) is 4.55. The monoisotopic (exact) mass is 305 g/mol. The van der Waals surface area contributed by atoms with Crippen LogP contribution in [0.4, 0.5) is 4.39 Å². The second kappa shape index (κ2) is 4.91. The van der Waals surface area contributed by atoms with Crippen molar-refractivity contribution in [2.45, 2.75) is 20.8 Å². The molecule has 14 heavy (non-hydrogen) atoms. The molecule has 1 aromatic carbocycles. The van der Waals surface area contributed by atoms with E-state index < -0.39 is 0 Å². The summed E-state index contributed by atoms with van der Waals surface area (Å²) in [4.78, 5) is 0. The Morgan fingerprint density at radius 1 is 1.21 bits per heavy atom. The smallest absolute Gasteiger partial charge is 0.207 e. The molecule has 2 heteroatoms. The molecule has 0 N–H and O–H groups in total. The second-order valence-electron chi connectivity index (χ2n) is 4.11. The van der Waals surface area contributed by atoms with Crippen molar-refractivity contribution in [1.29, 1.82) is 0 Å². The van der Waals surface area contributed by atoms with Crippen LogP contribution < -0.4 is 21.2 Å². The Hall–Kier alpha value is -0.380. The number of rotatable bonds is 2. The number of benzene rings is 1. The minimum Gasteiger partial charge on any atom is -0.207 e. The molecule has 0 bridgehead atoms. The van der Waals surface area contributed by atoms with Gasteiger partial charge in [-0.3, -0.25) is 0 Å². The van der Waals surface area contributed by atoms with Crippen LogP contribution in [0, 0.1) is 8.99 Å². The molecule has 0 heterocycles. The number of allylic oxidation sites excluding steroid dienone is 1. The minimum absolute atomic E-state index is 0.00848. The molecule has 0 spiro atoms. The lowest BCUT2D eigenvalue weighted by molar-refractivity contribution is -0.558. The lowest BCUT2D eigenvalue weighted by Crippen LogP contribution is -3.59. The van der Waals surface area contributed by atoms with Crippen molar-refractivity contribution < 1.29 is 25.6 Å². The summed E-state index contributed by atoms with van der Waals surface area (Å²) in [5.41, 5.74) is -0.339. The van der Waals surface area contributed by atoms with Gasteiger partial charge in [0.25, 0.3) is 0 Å². The highest BCUT2D eigenvalue weighted by Crippen LogP contribution is 2.24. The van der Waals surface area contributed by atoms with Gasteiger partial charge in [-0.2, -0.15) is 0 Å². The third kappa shape index (κ3) is 3.78. The predicted octanol–water partition coefficient (Wildman–Crippen LogP) is 0.802. The van der Waals surface area contributed by atoms with E-state index in [0.29, 0.717) is 0 Å². The normalized spacial score (nSPS) is 13.0. The van der Waals surface area contributed by atoms with Crippen molar-refractivity contribution in [3.05, 3.63) is 43.8 Å². The number of hydrogen-bond donors (Lipinski definition) is 0. The molecule has 0 atom stereocenters. The quantitative estimate of drug-likeness (QED) is 0.709. The first-order chi connectivity index (χ1) is 6.50.